The van der Waals surface area contributed by atoms with Crippen molar-refractivity contribution >= 4 is 11.5 Å². The van der Waals surface area contributed by atoms with Gasteiger partial charge in [-0.1, -0.05) is 6.07 Å². The minimum absolute atomic E-state index is 0.371. The summed E-state index contributed by atoms with van der Waals surface area (Å²) in [5.74, 6) is 1.69. The first-order valence-corrected chi connectivity index (χ1v) is 6.20. The van der Waals surface area contributed by atoms with Gasteiger partial charge in [-0.05, 0) is 44.0 Å². The number of anilines is 2. The van der Waals surface area contributed by atoms with E-state index < -0.39 is 0 Å². The maximum absolute atomic E-state index is 5.98. The Balaban J connectivity index is 2.30. The van der Waals surface area contributed by atoms with E-state index in [0.29, 0.717) is 17.4 Å². The van der Waals surface area contributed by atoms with Gasteiger partial charge in [0.2, 0.25) is 5.88 Å². The standard InChI is InChI=1S/C14H18N4O/c1-4-16-13-12(15)14(18-8-17-13)19-11-6-9(2)5-10(3)7-11/h5-8H,4,15H2,1-3H3,(H,16,17,18). The quantitative estimate of drug-likeness (QED) is 0.882. The molecule has 5 nitrogen and oxygen atoms in total. The van der Waals surface area contributed by atoms with Crippen molar-refractivity contribution in [1.82, 2.24) is 9.97 Å². The SMILES string of the molecule is CCNc1ncnc(Oc2cc(C)cc(C)c2)c1N. The molecular weight excluding hydrogens is 240 g/mol. The van der Waals surface area contributed by atoms with Crippen LogP contribution in [-0.2, 0) is 0 Å². The summed E-state index contributed by atoms with van der Waals surface area (Å²) in [6, 6.07) is 5.98. The normalized spacial score (nSPS) is 10.3. The topological polar surface area (TPSA) is 73.1 Å². The van der Waals surface area contributed by atoms with Gasteiger partial charge in [0.25, 0.3) is 0 Å². The Hall–Kier alpha value is -2.30. The molecule has 2 rings (SSSR count). The molecule has 1 aromatic carbocycles. The van der Waals surface area contributed by atoms with Crippen LogP contribution in [-0.4, -0.2) is 16.5 Å². The molecule has 0 aliphatic carbocycles. The highest BCUT2D eigenvalue weighted by molar-refractivity contribution is 5.66. The second-order valence-corrected chi connectivity index (χ2v) is 4.40. The Kier molecular flexibility index (Phi) is 3.85. The fourth-order valence-corrected chi connectivity index (χ4v) is 1.87. The third-order valence-electron chi connectivity index (χ3n) is 2.60. The molecule has 0 aliphatic heterocycles. The summed E-state index contributed by atoms with van der Waals surface area (Å²) >= 11 is 0. The number of aromatic nitrogens is 2. The van der Waals surface area contributed by atoms with E-state index in [1.807, 2.05) is 32.9 Å². The number of rotatable bonds is 4. The summed E-state index contributed by atoms with van der Waals surface area (Å²) in [7, 11) is 0. The van der Waals surface area contributed by atoms with Crippen LogP contribution in [0.3, 0.4) is 0 Å². The van der Waals surface area contributed by atoms with Crippen LogP contribution in [0.25, 0.3) is 0 Å². The van der Waals surface area contributed by atoms with Crippen LogP contribution in [0.5, 0.6) is 11.6 Å². The number of nitrogen functional groups attached to an aromatic ring is 1. The van der Waals surface area contributed by atoms with Gasteiger partial charge in [0.05, 0.1) is 0 Å². The molecule has 0 saturated heterocycles. The highest BCUT2D eigenvalue weighted by Crippen LogP contribution is 2.29. The average molecular weight is 258 g/mol. The lowest BCUT2D eigenvalue weighted by Crippen LogP contribution is -2.05. The largest absolute Gasteiger partial charge is 0.437 e. The van der Waals surface area contributed by atoms with E-state index in [-0.39, 0.29) is 0 Å². The van der Waals surface area contributed by atoms with Crippen molar-refractivity contribution < 1.29 is 4.74 Å². The van der Waals surface area contributed by atoms with E-state index >= 15 is 0 Å². The Labute approximate surface area is 112 Å². The molecule has 19 heavy (non-hydrogen) atoms. The van der Waals surface area contributed by atoms with Crippen molar-refractivity contribution in [2.75, 3.05) is 17.6 Å². The van der Waals surface area contributed by atoms with Crippen LogP contribution in [0.2, 0.25) is 0 Å². The summed E-state index contributed by atoms with van der Waals surface area (Å²) in [6.07, 6.45) is 1.44. The van der Waals surface area contributed by atoms with E-state index in [9.17, 15) is 0 Å². The van der Waals surface area contributed by atoms with Gasteiger partial charge in [-0.15, -0.1) is 0 Å². The summed E-state index contributed by atoms with van der Waals surface area (Å²) in [5, 5.41) is 3.07. The lowest BCUT2D eigenvalue weighted by atomic mass is 10.1. The molecule has 0 unspecified atom stereocenters. The van der Waals surface area contributed by atoms with Crippen molar-refractivity contribution in [3.63, 3.8) is 0 Å². The highest BCUT2D eigenvalue weighted by Gasteiger charge is 2.09. The van der Waals surface area contributed by atoms with E-state index in [1.165, 1.54) is 6.33 Å². The first-order valence-electron chi connectivity index (χ1n) is 6.20. The van der Waals surface area contributed by atoms with Crippen LogP contribution < -0.4 is 15.8 Å². The van der Waals surface area contributed by atoms with E-state index in [2.05, 4.69) is 21.4 Å². The Morgan fingerprint density at radius 3 is 2.47 bits per heavy atom. The van der Waals surface area contributed by atoms with Crippen molar-refractivity contribution in [1.29, 1.82) is 0 Å². The molecule has 2 aromatic rings. The molecule has 0 amide bonds. The summed E-state index contributed by atoms with van der Waals surface area (Å²) in [4.78, 5) is 8.16. The van der Waals surface area contributed by atoms with Crippen LogP contribution >= 0.6 is 0 Å². The zero-order valence-corrected chi connectivity index (χ0v) is 11.4. The predicted octanol–water partition coefficient (Wildman–Crippen LogP) is 2.90. The maximum Gasteiger partial charge on any atom is 0.248 e. The Morgan fingerprint density at radius 2 is 1.84 bits per heavy atom. The monoisotopic (exact) mass is 258 g/mol. The number of nitrogens with one attached hydrogen (secondary N) is 1. The molecule has 0 fully saturated rings. The summed E-state index contributed by atoms with van der Waals surface area (Å²) in [6.45, 7) is 6.76. The van der Waals surface area contributed by atoms with Crippen molar-refractivity contribution in [2.24, 2.45) is 0 Å². The van der Waals surface area contributed by atoms with Gasteiger partial charge in [-0.3, -0.25) is 0 Å². The van der Waals surface area contributed by atoms with Crippen molar-refractivity contribution in [3.8, 4) is 11.6 Å². The smallest absolute Gasteiger partial charge is 0.248 e. The zero-order valence-electron chi connectivity index (χ0n) is 11.4. The summed E-state index contributed by atoms with van der Waals surface area (Å²) in [5.41, 5.74) is 8.67. The molecule has 100 valence electrons. The van der Waals surface area contributed by atoms with Crippen molar-refractivity contribution in [2.45, 2.75) is 20.8 Å². The molecule has 1 aromatic heterocycles. The Bertz CT molecular complexity index is 563. The molecule has 0 aliphatic rings. The molecule has 1 heterocycles. The van der Waals surface area contributed by atoms with Crippen LogP contribution in [0.15, 0.2) is 24.5 Å². The van der Waals surface area contributed by atoms with Gasteiger partial charge in [0.1, 0.15) is 17.8 Å². The lowest BCUT2D eigenvalue weighted by molar-refractivity contribution is 0.464. The molecule has 0 bridgehead atoms. The minimum Gasteiger partial charge on any atom is -0.437 e. The number of nitrogens with zero attached hydrogens (tertiary/aromatic N) is 2. The van der Waals surface area contributed by atoms with E-state index in [0.717, 1.165) is 23.4 Å². The van der Waals surface area contributed by atoms with Gasteiger partial charge in [0.15, 0.2) is 5.82 Å². The number of nitrogens with two attached hydrogens (primary N) is 1. The molecule has 0 spiro atoms. The molecule has 0 atom stereocenters. The molecular formula is C14H18N4O. The third kappa shape index (κ3) is 3.13. The number of ether oxygens (including phenoxy) is 1. The zero-order chi connectivity index (χ0) is 13.8. The van der Waals surface area contributed by atoms with Gasteiger partial charge >= 0.3 is 0 Å². The predicted molar refractivity (Wildman–Crippen MR) is 76.6 cm³/mol. The second kappa shape index (κ2) is 5.56. The fraction of sp³-hybridized carbons (Fsp3) is 0.286. The number of hydrogen-bond acceptors (Lipinski definition) is 5. The molecule has 3 N–H and O–H groups in total. The third-order valence-corrected chi connectivity index (χ3v) is 2.60. The maximum atomic E-state index is 5.98. The fourth-order valence-electron chi connectivity index (χ4n) is 1.87. The number of hydrogen-bond donors (Lipinski definition) is 2. The average Bonchev–Trinajstić information content (AvgIpc) is 2.33. The first kappa shape index (κ1) is 13.1. The first-order chi connectivity index (χ1) is 9.10. The van der Waals surface area contributed by atoms with Crippen LogP contribution in [0, 0.1) is 13.8 Å². The number of benzene rings is 1. The van der Waals surface area contributed by atoms with E-state index in [4.69, 9.17) is 10.5 Å². The molecule has 5 heteroatoms. The van der Waals surface area contributed by atoms with E-state index in [1.54, 1.807) is 0 Å². The lowest BCUT2D eigenvalue weighted by Gasteiger charge is -2.11. The van der Waals surface area contributed by atoms with Crippen molar-refractivity contribution in [3.05, 3.63) is 35.7 Å². The number of aryl methyl sites for hydroxylation is 2. The molecule has 0 saturated carbocycles. The minimum atomic E-state index is 0.371. The van der Waals surface area contributed by atoms with Crippen LogP contribution in [0.1, 0.15) is 18.1 Å². The van der Waals surface area contributed by atoms with Gasteiger partial charge in [-0.25, -0.2) is 4.98 Å². The summed E-state index contributed by atoms with van der Waals surface area (Å²) < 4.78 is 5.74. The molecule has 0 radical (unpaired) electrons. The second-order valence-electron chi connectivity index (χ2n) is 4.40. The van der Waals surface area contributed by atoms with Gasteiger partial charge in [-0.2, -0.15) is 4.98 Å². The highest BCUT2D eigenvalue weighted by atomic mass is 16.5. The Morgan fingerprint density at radius 1 is 1.16 bits per heavy atom. The van der Waals surface area contributed by atoms with Gasteiger partial charge < -0.3 is 15.8 Å². The van der Waals surface area contributed by atoms with Gasteiger partial charge in [0, 0.05) is 6.54 Å². The van der Waals surface area contributed by atoms with Crippen LogP contribution in [0.4, 0.5) is 11.5 Å².